The van der Waals surface area contributed by atoms with Crippen molar-refractivity contribution in [2.75, 3.05) is 6.61 Å². The summed E-state index contributed by atoms with van der Waals surface area (Å²) in [6.07, 6.45) is 0.984. The molecule has 4 nitrogen and oxygen atoms in total. The number of nitrogens with one attached hydrogen (secondary N) is 1. The third kappa shape index (κ3) is 3.27. The first-order chi connectivity index (χ1) is 7.54. The van der Waals surface area contributed by atoms with Crippen molar-refractivity contribution < 1.29 is 14.3 Å². The highest BCUT2D eigenvalue weighted by molar-refractivity contribution is 5.92. The molecule has 1 atom stereocenters. The van der Waals surface area contributed by atoms with Crippen LogP contribution in [0.5, 0.6) is 0 Å². The van der Waals surface area contributed by atoms with Crippen LogP contribution in [-0.4, -0.2) is 28.6 Å². The average molecular weight is 226 g/mol. The lowest BCUT2D eigenvalue weighted by atomic mass is 10.1. The highest BCUT2D eigenvalue weighted by Crippen LogP contribution is 2.03. The van der Waals surface area contributed by atoms with Gasteiger partial charge in [-0.25, -0.2) is 9.37 Å². The molecule has 16 heavy (non-hydrogen) atoms. The van der Waals surface area contributed by atoms with Crippen molar-refractivity contribution >= 4 is 5.91 Å². The maximum Gasteiger partial charge on any atom is 0.270 e. The molecule has 0 bridgehead atoms. The predicted octanol–water partition coefficient (Wildman–Crippen LogP) is 0.967. The molecule has 0 saturated carbocycles. The molecular weight excluding hydrogens is 211 g/mol. The van der Waals surface area contributed by atoms with Gasteiger partial charge in [-0.05, 0) is 18.1 Å². The Morgan fingerprint density at radius 2 is 2.25 bits per heavy atom. The van der Waals surface area contributed by atoms with Gasteiger partial charge in [0.15, 0.2) is 0 Å². The number of carbonyl (C=O) groups excluding carboxylic acids is 1. The third-order valence-electron chi connectivity index (χ3n) is 2.28. The molecule has 1 rings (SSSR count). The lowest BCUT2D eigenvalue weighted by molar-refractivity contribution is 0.0891. The van der Waals surface area contributed by atoms with Crippen LogP contribution in [0.2, 0.25) is 0 Å². The van der Waals surface area contributed by atoms with Crippen molar-refractivity contribution in [1.82, 2.24) is 10.3 Å². The van der Waals surface area contributed by atoms with Gasteiger partial charge in [-0.2, -0.15) is 0 Å². The molecule has 1 aromatic rings. The van der Waals surface area contributed by atoms with Crippen LogP contribution in [0.25, 0.3) is 0 Å². The largest absolute Gasteiger partial charge is 0.394 e. The summed E-state index contributed by atoms with van der Waals surface area (Å²) in [5.74, 6) is -0.777. The Bertz CT molecular complexity index is 352. The molecule has 0 radical (unpaired) electrons. The summed E-state index contributed by atoms with van der Waals surface area (Å²) in [5, 5.41) is 11.7. The van der Waals surface area contributed by atoms with Gasteiger partial charge in [0.25, 0.3) is 5.91 Å². The quantitative estimate of drug-likeness (QED) is 0.804. The zero-order valence-electron chi connectivity index (χ0n) is 9.27. The number of aliphatic hydroxyl groups excluding tert-OH is 1. The Labute approximate surface area is 93.5 Å². The smallest absolute Gasteiger partial charge is 0.270 e. The van der Waals surface area contributed by atoms with Crippen LogP contribution in [0.4, 0.5) is 4.39 Å². The fourth-order valence-electron chi connectivity index (χ4n) is 1.18. The van der Waals surface area contributed by atoms with Crippen LogP contribution in [0.1, 0.15) is 24.3 Å². The van der Waals surface area contributed by atoms with Gasteiger partial charge in [-0.15, -0.1) is 0 Å². The zero-order valence-corrected chi connectivity index (χ0v) is 9.27. The molecule has 0 aliphatic rings. The number of aliphatic hydroxyl groups is 1. The van der Waals surface area contributed by atoms with E-state index in [1.165, 1.54) is 12.1 Å². The molecule has 0 aromatic carbocycles. The van der Waals surface area contributed by atoms with E-state index < -0.39 is 11.7 Å². The maximum atomic E-state index is 12.6. The van der Waals surface area contributed by atoms with Gasteiger partial charge in [0.2, 0.25) is 0 Å². The van der Waals surface area contributed by atoms with Crippen molar-refractivity contribution in [3.63, 3.8) is 0 Å². The summed E-state index contributed by atoms with van der Waals surface area (Å²) in [6, 6.07) is 2.16. The average Bonchev–Trinajstić information content (AvgIpc) is 2.26. The van der Waals surface area contributed by atoms with Gasteiger partial charge >= 0.3 is 0 Å². The van der Waals surface area contributed by atoms with Crippen LogP contribution in [0, 0.1) is 11.7 Å². The van der Waals surface area contributed by atoms with E-state index in [2.05, 4.69) is 10.3 Å². The Kier molecular flexibility index (Phi) is 4.37. The second-order valence-corrected chi connectivity index (χ2v) is 3.87. The minimum absolute atomic E-state index is 0.120. The van der Waals surface area contributed by atoms with E-state index in [4.69, 9.17) is 5.11 Å². The first kappa shape index (κ1) is 12.6. The predicted molar refractivity (Wildman–Crippen MR) is 57.4 cm³/mol. The van der Waals surface area contributed by atoms with E-state index in [-0.39, 0.29) is 24.3 Å². The number of carbonyl (C=O) groups is 1. The standard InChI is InChI=1S/C11H15FN2O2/c1-7(2)10(6-15)14-11(16)9-4-3-8(12)5-13-9/h3-5,7,10,15H,6H2,1-2H3,(H,14,16). The molecule has 1 aromatic heterocycles. The number of rotatable bonds is 4. The van der Waals surface area contributed by atoms with E-state index in [9.17, 15) is 9.18 Å². The summed E-state index contributed by atoms with van der Waals surface area (Å²) < 4.78 is 12.6. The van der Waals surface area contributed by atoms with Gasteiger partial charge in [-0.1, -0.05) is 13.8 Å². The summed E-state index contributed by atoms with van der Waals surface area (Å²) >= 11 is 0. The highest BCUT2D eigenvalue weighted by atomic mass is 19.1. The Morgan fingerprint density at radius 1 is 1.56 bits per heavy atom. The van der Waals surface area contributed by atoms with Gasteiger partial charge in [0.1, 0.15) is 11.5 Å². The number of halogens is 1. The monoisotopic (exact) mass is 226 g/mol. The molecule has 1 amide bonds. The van der Waals surface area contributed by atoms with Crippen LogP contribution in [-0.2, 0) is 0 Å². The second kappa shape index (κ2) is 5.55. The van der Waals surface area contributed by atoms with Gasteiger partial charge in [-0.3, -0.25) is 4.79 Å². The van der Waals surface area contributed by atoms with E-state index in [1.54, 1.807) is 0 Å². The topological polar surface area (TPSA) is 62.2 Å². The molecule has 0 saturated heterocycles. The number of hydrogen-bond donors (Lipinski definition) is 2. The molecule has 1 heterocycles. The minimum atomic E-state index is -0.487. The van der Waals surface area contributed by atoms with Gasteiger partial charge in [0.05, 0.1) is 18.8 Å². The Hall–Kier alpha value is -1.49. The van der Waals surface area contributed by atoms with Crippen molar-refractivity contribution in [2.45, 2.75) is 19.9 Å². The fraction of sp³-hybridized carbons (Fsp3) is 0.455. The summed E-state index contributed by atoms with van der Waals surface area (Å²) in [4.78, 5) is 15.3. The Balaban J connectivity index is 2.68. The highest BCUT2D eigenvalue weighted by Gasteiger charge is 2.16. The second-order valence-electron chi connectivity index (χ2n) is 3.87. The van der Waals surface area contributed by atoms with Crippen LogP contribution < -0.4 is 5.32 Å². The van der Waals surface area contributed by atoms with Crippen LogP contribution in [0.15, 0.2) is 18.3 Å². The molecule has 0 aliphatic heterocycles. The molecular formula is C11H15FN2O2. The van der Waals surface area contributed by atoms with Crippen molar-refractivity contribution in [3.8, 4) is 0 Å². The Morgan fingerprint density at radius 3 is 2.69 bits per heavy atom. The number of aromatic nitrogens is 1. The molecule has 1 unspecified atom stereocenters. The van der Waals surface area contributed by atoms with E-state index in [1.807, 2.05) is 13.8 Å². The normalized spacial score (nSPS) is 12.6. The molecule has 88 valence electrons. The summed E-state index contributed by atoms with van der Waals surface area (Å²) in [6.45, 7) is 3.64. The molecule has 0 fully saturated rings. The van der Waals surface area contributed by atoms with Gasteiger partial charge < -0.3 is 10.4 Å². The van der Waals surface area contributed by atoms with E-state index >= 15 is 0 Å². The maximum absolute atomic E-state index is 12.6. The molecule has 0 spiro atoms. The van der Waals surface area contributed by atoms with Crippen molar-refractivity contribution in [1.29, 1.82) is 0 Å². The number of amides is 1. The van der Waals surface area contributed by atoms with E-state index in [0.29, 0.717) is 0 Å². The zero-order chi connectivity index (χ0) is 12.1. The lowest BCUT2D eigenvalue weighted by Gasteiger charge is -2.19. The van der Waals surface area contributed by atoms with Crippen LogP contribution in [0.3, 0.4) is 0 Å². The number of hydrogen-bond acceptors (Lipinski definition) is 3. The molecule has 5 heteroatoms. The third-order valence-corrected chi connectivity index (χ3v) is 2.28. The SMILES string of the molecule is CC(C)C(CO)NC(=O)c1ccc(F)cn1. The fourth-order valence-corrected chi connectivity index (χ4v) is 1.18. The summed E-state index contributed by atoms with van der Waals surface area (Å²) in [5.41, 5.74) is 0.139. The van der Waals surface area contributed by atoms with Crippen molar-refractivity contribution in [3.05, 3.63) is 29.8 Å². The lowest BCUT2D eigenvalue weighted by Crippen LogP contribution is -2.41. The van der Waals surface area contributed by atoms with Crippen LogP contribution >= 0.6 is 0 Å². The van der Waals surface area contributed by atoms with E-state index in [0.717, 1.165) is 6.20 Å². The number of pyridine rings is 1. The first-order valence-corrected chi connectivity index (χ1v) is 5.08. The first-order valence-electron chi connectivity index (χ1n) is 5.08. The minimum Gasteiger partial charge on any atom is -0.394 e. The summed E-state index contributed by atoms with van der Waals surface area (Å²) in [7, 11) is 0. The molecule has 0 aliphatic carbocycles. The van der Waals surface area contributed by atoms with Crippen molar-refractivity contribution in [2.24, 2.45) is 5.92 Å². The number of nitrogens with zero attached hydrogens (tertiary/aromatic N) is 1. The van der Waals surface area contributed by atoms with Gasteiger partial charge in [0, 0.05) is 0 Å². The molecule has 2 N–H and O–H groups in total.